The number of carbonyl (C=O) groups is 1. The Hall–Kier alpha value is -2.47. The van der Waals surface area contributed by atoms with Gasteiger partial charge in [0.25, 0.3) is 11.1 Å². The van der Waals surface area contributed by atoms with E-state index in [1.165, 1.54) is 47.4 Å². The molecule has 6 heteroatoms. The van der Waals surface area contributed by atoms with Crippen molar-refractivity contribution in [2.24, 2.45) is 0 Å². The molecular formula is C23H23FN2O2S. The standard InChI is InChI=1S/C23H23FN2O2S/c24-18-7-8-20-21(14-18)29-23(25-20)28-19-9-11-26(12-10-19)22(27)17-6-5-15-3-1-2-4-16(15)13-17/h5-8,13-14,19H,1-4,9-12H2. The van der Waals surface area contributed by atoms with E-state index in [2.05, 4.69) is 17.1 Å². The van der Waals surface area contributed by atoms with Gasteiger partial charge in [-0.1, -0.05) is 17.4 Å². The molecule has 5 rings (SSSR count). The molecule has 2 aromatic carbocycles. The van der Waals surface area contributed by atoms with Gasteiger partial charge in [-0.2, -0.15) is 0 Å². The molecule has 0 radical (unpaired) electrons. The van der Waals surface area contributed by atoms with Crippen LogP contribution in [0.15, 0.2) is 36.4 Å². The molecule has 1 aliphatic heterocycles. The first-order chi connectivity index (χ1) is 14.2. The van der Waals surface area contributed by atoms with Crippen molar-refractivity contribution in [1.82, 2.24) is 9.88 Å². The van der Waals surface area contributed by atoms with Crippen LogP contribution in [-0.2, 0) is 12.8 Å². The number of likely N-dealkylation sites (tertiary alicyclic amines) is 1. The van der Waals surface area contributed by atoms with Crippen LogP contribution >= 0.6 is 11.3 Å². The SMILES string of the molecule is O=C(c1ccc2c(c1)CCCC2)N1CCC(Oc2nc3ccc(F)cc3s2)CC1. The zero-order valence-electron chi connectivity index (χ0n) is 16.2. The summed E-state index contributed by atoms with van der Waals surface area (Å²) in [5, 5.41) is 0.574. The van der Waals surface area contributed by atoms with Crippen LogP contribution in [0.3, 0.4) is 0 Å². The fourth-order valence-electron chi connectivity index (χ4n) is 4.30. The average Bonchev–Trinajstić information content (AvgIpc) is 3.14. The topological polar surface area (TPSA) is 42.4 Å². The number of fused-ring (bicyclic) bond motifs is 2. The van der Waals surface area contributed by atoms with Crippen molar-refractivity contribution in [3.63, 3.8) is 0 Å². The molecule has 1 aromatic heterocycles. The Morgan fingerprint density at radius 3 is 2.69 bits per heavy atom. The molecule has 2 heterocycles. The van der Waals surface area contributed by atoms with E-state index in [1.807, 2.05) is 11.0 Å². The molecule has 0 atom stereocenters. The monoisotopic (exact) mass is 410 g/mol. The Kier molecular flexibility index (Phi) is 4.96. The van der Waals surface area contributed by atoms with Gasteiger partial charge in [0, 0.05) is 31.5 Å². The van der Waals surface area contributed by atoms with Crippen LogP contribution in [0.25, 0.3) is 10.2 Å². The van der Waals surface area contributed by atoms with Crippen molar-refractivity contribution in [1.29, 1.82) is 0 Å². The molecule has 0 spiro atoms. The van der Waals surface area contributed by atoms with Crippen molar-refractivity contribution in [3.8, 4) is 5.19 Å². The predicted molar refractivity (Wildman–Crippen MR) is 112 cm³/mol. The maximum absolute atomic E-state index is 13.4. The van der Waals surface area contributed by atoms with Crippen LogP contribution in [-0.4, -0.2) is 35.0 Å². The number of aromatic nitrogens is 1. The van der Waals surface area contributed by atoms with E-state index in [0.29, 0.717) is 18.3 Å². The van der Waals surface area contributed by atoms with Gasteiger partial charge in [-0.05, 0) is 67.1 Å². The molecule has 1 fully saturated rings. The third-order valence-electron chi connectivity index (χ3n) is 5.92. The molecule has 29 heavy (non-hydrogen) atoms. The summed E-state index contributed by atoms with van der Waals surface area (Å²) in [5.74, 6) is -0.144. The molecule has 0 unspecified atom stereocenters. The number of amides is 1. The first-order valence-corrected chi connectivity index (χ1v) is 11.1. The molecule has 0 saturated carbocycles. The molecule has 1 aliphatic carbocycles. The number of hydrogen-bond donors (Lipinski definition) is 0. The zero-order valence-corrected chi connectivity index (χ0v) is 17.0. The number of ether oxygens (including phenoxy) is 1. The third-order valence-corrected chi connectivity index (χ3v) is 6.83. The van der Waals surface area contributed by atoms with Crippen molar-refractivity contribution < 1.29 is 13.9 Å². The second-order valence-corrected chi connectivity index (χ2v) is 8.89. The van der Waals surface area contributed by atoms with Crippen LogP contribution in [0.4, 0.5) is 4.39 Å². The van der Waals surface area contributed by atoms with E-state index >= 15 is 0 Å². The lowest BCUT2D eigenvalue weighted by Gasteiger charge is -2.32. The highest BCUT2D eigenvalue weighted by atomic mass is 32.1. The van der Waals surface area contributed by atoms with Crippen LogP contribution in [0.2, 0.25) is 0 Å². The van der Waals surface area contributed by atoms with Gasteiger partial charge in [0.1, 0.15) is 11.9 Å². The summed E-state index contributed by atoms with van der Waals surface area (Å²) in [5.41, 5.74) is 4.30. The van der Waals surface area contributed by atoms with E-state index in [-0.39, 0.29) is 17.8 Å². The zero-order chi connectivity index (χ0) is 19.8. The predicted octanol–water partition coefficient (Wildman–Crippen LogP) is 5.00. The minimum atomic E-state index is -0.262. The minimum absolute atomic E-state index is 0.0352. The molecule has 0 bridgehead atoms. The molecule has 1 amide bonds. The highest BCUT2D eigenvalue weighted by molar-refractivity contribution is 7.20. The van der Waals surface area contributed by atoms with Crippen molar-refractivity contribution in [2.75, 3.05) is 13.1 Å². The van der Waals surface area contributed by atoms with Gasteiger partial charge in [0.05, 0.1) is 10.2 Å². The third kappa shape index (κ3) is 3.86. The number of piperidine rings is 1. The fraction of sp³-hybridized carbons (Fsp3) is 0.391. The van der Waals surface area contributed by atoms with Crippen LogP contribution in [0.1, 0.15) is 47.2 Å². The summed E-state index contributed by atoms with van der Waals surface area (Å²) < 4.78 is 20.2. The van der Waals surface area contributed by atoms with Gasteiger partial charge in [-0.3, -0.25) is 4.79 Å². The number of rotatable bonds is 3. The van der Waals surface area contributed by atoms with Crippen molar-refractivity contribution in [3.05, 3.63) is 58.9 Å². The second-order valence-electron chi connectivity index (χ2n) is 7.89. The number of nitrogens with zero attached hydrogens (tertiary/aromatic N) is 2. The van der Waals surface area contributed by atoms with Gasteiger partial charge >= 0.3 is 0 Å². The molecule has 150 valence electrons. The van der Waals surface area contributed by atoms with E-state index in [1.54, 1.807) is 6.07 Å². The summed E-state index contributed by atoms with van der Waals surface area (Å²) in [6, 6.07) is 10.8. The summed E-state index contributed by atoms with van der Waals surface area (Å²) in [6.45, 7) is 1.36. The molecule has 2 aliphatic rings. The number of aryl methyl sites for hydroxylation is 2. The number of benzene rings is 2. The van der Waals surface area contributed by atoms with Crippen molar-refractivity contribution >= 4 is 27.5 Å². The highest BCUT2D eigenvalue weighted by Crippen LogP contribution is 2.30. The molecule has 3 aromatic rings. The largest absolute Gasteiger partial charge is 0.467 e. The van der Waals surface area contributed by atoms with Crippen LogP contribution in [0.5, 0.6) is 5.19 Å². The van der Waals surface area contributed by atoms with Gasteiger partial charge in [0.2, 0.25) is 0 Å². The maximum Gasteiger partial charge on any atom is 0.274 e. The van der Waals surface area contributed by atoms with Gasteiger partial charge in [0.15, 0.2) is 0 Å². The summed E-state index contributed by atoms with van der Waals surface area (Å²) in [4.78, 5) is 19.3. The van der Waals surface area contributed by atoms with E-state index in [4.69, 9.17) is 4.74 Å². The van der Waals surface area contributed by atoms with E-state index < -0.39 is 0 Å². The summed E-state index contributed by atoms with van der Waals surface area (Å²) in [6.07, 6.45) is 6.27. The van der Waals surface area contributed by atoms with Gasteiger partial charge in [-0.25, -0.2) is 9.37 Å². The minimum Gasteiger partial charge on any atom is -0.467 e. The Bertz CT molecular complexity index is 1060. The Morgan fingerprint density at radius 1 is 1.07 bits per heavy atom. The van der Waals surface area contributed by atoms with E-state index in [9.17, 15) is 9.18 Å². The summed E-state index contributed by atoms with van der Waals surface area (Å²) >= 11 is 1.37. The number of carbonyl (C=O) groups excluding carboxylic acids is 1. The average molecular weight is 411 g/mol. The van der Waals surface area contributed by atoms with Gasteiger partial charge < -0.3 is 9.64 Å². The molecule has 1 saturated heterocycles. The molecule has 0 N–H and O–H groups in total. The quantitative estimate of drug-likeness (QED) is 0.610. The lowest BCUT2D eigenvalue weighted by molar-refractivity contribution is 0.0595. The second kappa shape index (κ2) is 7.75. The normalized spacial score (nSPS) is 17.3. The lowest BCUT2D eigenvalue weighted by Crippen LogP contribution is -2.41. The smallest absolute Gasteiger partial charge is 0.274 e. The number of hydrogen-bond acceptors (Lipinski definition) is 4. The van der Waals surface area contributed by atoms with Gasteiger partial charge in [-0.15, -0.1) is 0 Å². The Balaban J connectivity index is 1.21. The van der Waals surface area contributed by atoms with E-state index in [0.717, 1.165) is 41.5 Å². The highest BCUT2D eigenvalue weighted by Gasteiger charge is 2.26. The lowest BCUT2D eigenvalue weighted by atomic mass is 9.90. The van der Waals surface area contributed by atoms with Crippen LogP contribution < -0.4 is 4.74 Å². The maximum atomic E-state index is 13.4. The first kappa shape index (κ1) is 18.6. The molecule has 4 nitrogen and oxygen atoms in total. The first-order valence-electron chi connectivity index (χ1n) is 10.3. The van der Waals surface area contributed by atoms with Crippen LogP contribution in [0, 0.1) is 5.82 Å². The summed E-state index contributed by atoms with van der Waals surface area (Å²) in [7, 11) is 0. The Labute approximate surface area is 173 Å². The fourth-order valence-corrected chi connectivity index (χ4v) is 5.20. The number of thiazole rings is 1. The Morgan fingerprint density at radius 2 is 1.86 bits per heavy atom. The van der Waals surface area contributed by atoms with Crippen molar-refractivity contribution in [2.45, 2.75) is 44.6 Å². The molecular weight excluding hydrogens is 387 g/mol. The number of halogens is 1.